The van der Waals surface area contributed by atoms with E-state index < -0.39 is 0 Å². The molecule has 2 atom stereocenters. The molecule has 1 aromatic heterocycles. The second-order valence-corrected chi connectivity index (χ2v) is 6.47. The molecule has 0 radical (unpaired) electrons. The van der Waals surface area contributed by atoms with Crippen molar-refractivity contribution in [2.24, 2.45) is 5.92 Å². The first-order chi connectivity index (χ1) is 6.34. The van der Waals surface area contributed by atoms with Crippen LogP contribution in [-0.2, 0) is 6.42 Å². The fourth-order valence-electron chi connectivity index (χ4n) is 2.63. The van der Waals surface area contributed by atoms with Crippen LogP contribution in [0.5, 0.6) is 0 Å². The van der Waals surface area contributed by atoms with Gasteiger partial charge in [-0.3, -0.25) is 0 Å². The largest absolute Gasteiger partial charge is 0.316 e. The van der Waals surface area contributed by atoms with Gasteiger partial charge < -0.3 is 5.32 Å². The van der Waals surface area contributed by atoms with Gasteiger partial charge in [0.2, 0.25) is 0 Å². The van der Waals surface area contributed by atoms with Crippen molar-refractivity contribution in [3.05, 3.63) is 20.3 Å². The van der Waals surface area contributed by atoms with Crippen LogP contribution in [0.15, 0.2) is 9.85 Å². The van der Waals surface area contributed by atoms with Gasteiger partial charge in [0, 0.05) is 17.3 Å². The molecule has 0 saturated carbocycles. The third-order valence-corrected chi connectivity index (χ3v) is 5.07. The molecule has 2 heterocycles. The van der Waals surface area contributed by atoms with Crippen LogP contribution < -0.4 is 5.32 Å². The van der Waals surface area contributed by atoms with Gasteiger partial charge in [-0.25, -0.2) is 0 Å². The Morgan fingerprint density at radius 3 is 3.38 bits per heavy atom. The SMILES string of the molecule is Brc1cc2c(s1)C1CNCCC1C2. The van der Waals surface area contributed by atoms with E-state index in [4.69, 9.17) is 0 Å². The monoisotopic (exact) mass is 257 g/mol. The molecule has 1 saturated heterocycles. The summed E-state index contributed by atoms with van der Waals surface area (Å²) in [4.78, 5) is 1.64. The van der Waals surface area contributed by atoms with E-state index in [0.717, 1.165) is 11.8 Å². The van der Waals surface area contributed by atoms with Gasteiger partial charge in [-0.05, 0) is 52.9 Å². The Labute approximate surface area is 90.7 Å². The highest BCUT2D eigenvalue weighted by atomic mass is 79.9. The molecule has 3 rings (SSSR count). The fourth-order valence-corrected chi connectivity index (χ4v) is 4.54. The summed E-state index contributed by atoms with van der Waals surface area (Å²) in [6.45, 7) is 2.42. The molecule has 70 valence electrons. The number of hydrogen-bond acceptors (Lipinski definition) is 2. The van der Waals surface area contributed by atoms with Crippen molar-refractivity contribution in [3.8, 4) is 0 Å². The molecule has 2 unspecified atom stereocenters. The average Bonchev–Trinajstić information content (AvgIpc) is 2.60. The molecular weight excluding hydrogens is 246 g/mol. The van der Waals surface area contributed by atoms with Crippen LogP contribution in [0, 0.1) is 5.92 Å². The Bertz CT molecular complexity index is 334. The van der Waals surface area contributed by atoms with Crippen LogP contribution in [0.2, 0.25) is 0 Å². The highest BCUT2D eigenvalue weighted by molar-refractivity contribution is 9.11. The molecule has 0 aromatic carbocycles. The maximum Gasteiger partial charge on any atom is 0.0704 e. The van der Waals surface area contributed by atoms with Gasteiger partial charge >= 0.3 is 0 Å². The average molecular weight is 258 g/mol. The van der Waals surface area contributed by atoms with Crippen LogP contribution in [0.1, 0.15) is 22.8 Å². The molecular formula is C10H12BrNS. The normalized spacial score (nSPS) is 31.5. The highest BCUT2D eigenvalue weighted by Gasteiger charge is 2.35. The van der Waals surface area contributed by atoms with E-state index in [9.17, 15) is 0 Å². The lowest BCUT2D eigenvalue weighted by molar-refractivity contribution is 0.349. The minimum Gasteiger partial charge on any atom is -0.316 e. The molecule has 2 aliphatic rings. The quantitative estimate of drug-likeness (QED) is 0.754. The first-order valence-electron chi connectivity index (χ1n) is 4.83. The van der Waals surface area contributed by atoms with Gasteiger partial charge in [0.25, 0.3) is 0 Å². The number of piperidine rings is 1. The summed E-state index contributed by atoms with van der Waals surface area (Å²) in [5, 5.41) is 3.50. The van der Waals surface area contributed by atoms with Crippen molar-refractivity contribution in [1.82, 2.24) is 5.32 Å². The van der Waals surface area contributed by atoms with E-state index in [1.54, 1.807) is 10.4 Å². The van der Waals surface area contributed by atoms with Crippen molar-refractivity contribution >= 4 is 27.3 Å². The summed E-state index contributed by atoms with van der Waals surface area (Å²) in [6.07, 6.45) is 2.69. The second-order valence-electron chi connectivity index (χ2n) is 4.00. The number of nitrogens with one attached hydrogen (secondary N) is 1. The number of thiophene rings is 1. The lowest BCUT2D eigenvalue weighted by Crippen LogP contribution is -2.32. The summed E-state index contributed by atoms with van der Waals surface area (Å²) in [5.41, 5.74) is 1.61. The number of fused-ring (bicyclic) bond motifs is 3. The minimum atomic E-state index is 0.819. The molecule has 1 fully saturated rings. The van der Waals surface area contributed by atoms with Crippen molar-refractivity contribution < 1.29 is 0 Å². The summed E-state index contributed by atoms with van der Waals surface area (Å²) < 4.78 is 1.31. The van der Waals surface area contributed by atoms with E-state index in [1.807, 2.05) is 11.3 Å². The van der Waals surface area contributed by atoms with Gasteiger partial charge in [0.15, 0.2) is 0 Å². The summed E-state index contributed by atoms with van der Waals surface area (Å²) in [5.74, 6) is 1.76. The maximum atomic E-state index is 3.57. The van der Waals surface area contributed by atoms with E-state index in [2.05, 4.69) is 27.3 Å². The van der Waals surface area contributed by atoms with E-state index in [1.165, 1.54) is 29.7 Å². The number of halogens is 1. The summed E-state index contributed by atoms with van der Waals surface area (Å²) in [7, 11) is 0. The Kier molecular flexibility index (Phi) is 2.00. The maximum absolute atomic E-state index is 3.57. The van der Waals surface area contributed by atoms with Gasteiger partial charge in [-0.1, -0.05) is 0 Å². The third-order valence-electron chi connectivity index (χ3n) is 3.26. The zero-order valence-electron chi connectivity index (χ0n) is 7.35. The Morgan fingerprint density at radius 1 is 1.54 bits per heavy atom. The fraction of sp³-hybridized carbons (Fsp3) is 0.600. The summed E-state index contributed by atoms with van der Waals surface area (Å²) >= 11 is 5.51. The van der Waals surface area contributed by atoms with Gasteiger partial charge in [0.05, 0.1) is 3.79 Å². The van der Waals surface area contributed by atoms with E-state index in [-0.39, 0.29) is 0 Å². The highest BCUT2D eigenvalue weighted by Crippen LogP contribution is 2.46. The van der Waals surface area contributed by atoms with E-state index >= 15 is 0 Å². The molecule has 0 amide bonds. The van der Waals surface area contributed by atoms with Crippen molar-refractivity contribution in [2.75, 3.05) is 13.1 Å². The molecule has 1 aliphatic heterocycles. The zero-order valence-corrected chi connectivity index (χ0v) is 9.75. The zero-order chi connectivity index (χ0) is 8.84. The standard InChI is InChI=1S/C10H12BrNS/c11-9-4-7-3-6-1-2-12-5-8(6)10(7)13-9/h4,6,8,12H,1-3,5H2. The molecule has 1 aromatic rings. The van der Waals surface area contributed by atoms with Crippen LogP contribution in [0.3, 0.4) is 0 Å². The smallest absolute Gasteiger partial charge is 0.0704 e. The molecule has 1 N–H and O–H groups in total. The number of rotatable bonds is 0. The van der Waals surface area contributed by atoms with Gasteiger partial charge in [-0.15, -0.1) is 11.3 Å². The minimum absolute atomic E-state index is 0.819. The molecule has 1 nitrogen and oxygen atoms in total. The van der Waals surface area contributed by atoms with Crippen LogP contribution in [0.4, 0.5) is 0 Å². The van der Waals surface area contributed by atoms with Crippen molar-refractivity contribution in [2.45, 2.75) is 18.8 Å². The first-order valence-corrected chi connectivity index (χ1v) is 6.44. The van der Waals surface area contributed by atoms with Crippen molar-refractivity contribution in [3.63, 3.8) is 0 Å². The molecule has 0 spiro atoms. The molecule has 3 heteroatoms. The molecule has 1 aliphatic carbocycles. The second kappa shape index (κ2) is 3.07. The molecule has 13 heavy (non-hydrogen) atoms. The topological polar surface area (TPSA) is 12.0 Å². The Morgan fingerprint density at radius 2 is 2.46 bits per heavy atom. The van der Waals surface area contributed by atoms with E-state index in [0.29, 0.717) is 0 Å². The Balaban J connectivity index is 1.98. The third kappa shape index (κ3) is 1.29. The predicted octanol–water partition coefficient (Wildman–Crippen LogP) is 2.76. The van der Waals surface area contributed by atoms with Crippen LogP contribution in [-0.4, -0.2) is 13.1 Å². The van der Waals surface area contributed by atoms with Gasteiger partial charge in [0.1, 0.15) is 0 Å². The molecule has 0 bridgehead atoms. The van der Waals surface area contributed by atoms with Gasteiger partial charge in [-0.2, -0.15) is 0 Å². The lowest BCUT2D eigenvalue weighted by atomic mass is 9.89. The summed E-state index contributed by atoms with van der Waals surface area (Å²) in [6, 6.07) is 2.32. The lowest BCUT2D eigenvalue weighted by Gasteiger charge is -2.26. The number of hydrogen-bond donors (Lipinski definition) is 1. The van der Waals surface area contributed by atoms with Crippen LogP contribution in [0.25, 0.3) is 0 Å². The van der Waals surface area contributed by atoms with Crippen molar-refractivity contribution in [1.29, 1.82) is 0 Å². The van der Waals surface area contributed by atoms with Crippen LogP contribution >= 0.6 is 27.3 Å². The predicted molar refractivity (Wildman–Crippen MR) is 59.4 cm³/mol. The first kappa shape index (κ1) is 8.45. The Hall–Kier alpha value is 0.140.